The molecule has 210 valence electrons. The molecule has 0 spiro atoms. The molecule has 1 amide bonds. The topological polar surface area (TPSA) is 147 Å². The van der Waals surface area contributed by atoms with Gasteiger partial charge in [-0.05, 0) is 38.3 Å². The number of ether oxygens (including phenoxy) is 4. The highest BCUT2D eigenvalue weighted by molar-refractivity contribution is 5.98. The highest BCUT2D eigenvalue weighted by atomic mass is 16.6. The number of rotatable bonds is 9. The van der Waals surface area contributed by atoms with E-state index in [0.29, 0.717) is 12.0 Å². The molecule has 2 rings (SSSR count). The van der Waals surface area contributed by atoms with Gasteiger partial charge < -0.3 is 24.3 Å². The smallest absolute Gasteiger partial charge is 0.332 e. The van der Waals surface area contributed by atoms with Gasteiger partial charge in [0.1, 0.15) is 12.7 Å². The number of amides is 1. The van der Waals surface area contributed by atoms with Crippen molar-refractivity contribution in [3.8, 4) is 5.75 Å². The van der Waals surface area contributed by atoms with E-state index in [1.54, 1.807) is 40.7 Å². The van der Waals surface area contributed by atoms with Crippen LogP contribution in [0.4, 0.5) is 0 Å². The van der Waals surface area contributed by atoms with Gasteiger partial charge in [0.2, 0.25) is 0 Å². The summed E-state index contributed by atoms with van der Waals surface area (Å²) in [5, 5.41) is 2.47. The van der Waals surface area contributed by atoms with Gasteiger partial charge in [0.05, 0.1) is 17.8 Å². The standard InChI is InChI=1S/C27H38N2O9/c1-8-10-16(6)25(32)37-21-15(5)11-12-28-20(21)23(30)29-19-13-35-26(33)18(9-2)22(17(7)36-27(19)34)38-24(31)14(3)4/h11-12,14,16-19,22H,8-10,13H2,1-7H3,(H,29,30)/t16?,17-,18+,19-,22-/m0/s1. The molecule has 1 unspecified atom stereocenters. The number of nitrogens with zero attached hydrogens (tertiary/aromatic N) is 1. The summed E-state index contributed by atoms with van der Waals surface area (Å²) in [5.74, 6) is -5.18. The maximum absolute atomic E-state index is 13.2. The summed E-state index contributed by atoms with van der Waals surface area (Å²) in [7, 11) is 0. The van der Waals surface area contributed by atoms with Crippen LogP contribution in [0.3, 0.4) is 0 Å². The van der Waals surface area contributed by atoms with Crippen molar-refractivity contribution in [1.29, 1.82) is 0 Å². The van der Waals surface area contributed by atoms with E-state index in [0.717, 1.165) is 6.42 Å². The lowest BCUT2D eigenvalue weighted by Gasteiger charge is -2.29. The minimum Gasteiger partial charge on any atom is -0.463 e. The van der Waals surface area contributed by atoms with Crippen molar-refractivity contribution in [2.75, 3.05) is 6.61 Å². The summed E-state index contributed by atoms with van der Waals surface area (Å²) < 4.78 is 21.9. The highest BCUT2D eigenvalue weighted by Gasteiger charge is 2.41. The molecule has 38 heavy (non-hydrogen) atoms. The molecule has 2 heterocycles. The van der Waals surface area contributed by atoms with Crippen molar-refractivity contribution in [2.24, 2.45) is 17.8 Å². The highest BCUT2D eigenvalue weighted by Crippen LogP contribution is 2.25. The fourth-order valence-electron chi connectivity index (χ4n) is 3.90. The summed E-state index contributed by atoms with van der Waals surface area (Å²) in [5.41, 5.74) is 0.296. The number of cyclic esters (lactones) is 2. The van der Waals surface area contributed by atoms with Crippen LogP contribution in [-0.4, -0.2) is 59.6 Å². The second-order valence-corrected chi connectivity index (χ2v) is 9.79. The summed E-state index contributed by atoms with van der Waals surface area (Å²) in [4.78, 5) is 67.8. The first-order chi connectivity index (χ1) is 17.9. The van der Waals surface area contributed by atoms with Crippen molar-refractivity contribution in [3.63, 3.8) is 0 Å². The van der Waals surface area contributed by atoms with E-state index in [-0.39, 0.29) is 23.8 Å². The molecule has 0 saturated carbocycles. The third kappa shape index (κ3) is 7.75. The van der Waals surface area contributed by atoms with Crippen molar-refractivity contribution < 1.29 is 42.9 Å². The fourth-order valence-corrected chi connectivity index (χ4v) is 3.90. The normalized spacial score (nSPS) is 22.7. The van der Waals surface area contributed by atoms with E-state index in [1.165, 1.54) is 13.1 Å². The molecule has 0 radical (unpaired) electrons. The average molecular weight is 535 g/mol. The third-order valence-electron chi connectivity index (χ3n) is 6.25. The number of hydrogen-bond donors (Lipinski definition) is 1. The van der Waals surface area contributed by atoms with Gasteiger partial charge >= 0.3 is 23.9 Å². The molecule has 1 fully saturated rings. The van der Waals surface area contributed by atoms with Crippen LogP contribution < -0.4 is 10.1 Å². The SMILES string of the molecule is CCCC(C)C(=O)Oc1c(C)ccnc1C(=O)N[C@H]1COC(=O)[C@H](CC)[C@@H](OC(=O)C(C)C)[C@H](C)OC1=O. The van der Waals surface area contributed by atoms with Crippen molar-refractivity contribution in [2.45, 2.75) is 86.0 Å². The third-order valence-corrected chi connectivity index (χ3v) is 6.25. The van der Waals surface area contributed by atoms with Gasteiger partial charge in [-0.1, -0.05) is 41.0 Å². The zero-order valence-electron chi connectivity index (χ0n) is 23.1. The Kier molecular flexibility index (Phi) is 11.2. The molecule has 11 heteroatoms. The summed E-state index contributed by atoms with van der Waals surface area (Å²) in [6.07, 6.45) is 0.993. The Hall–Kier alpha value is -3.50. The molecule has 11 nitrogen and oxygen atoms in total. The Balaban J connectivity index is 2.28. The number of pyridine rings is 1. The Morgan fingerprint density at radius 2 is 1.82 bits per heavy atom. The maximum atomic E-state index is 13.2. The molecule has 1 N–H and O–H groups in total. The average Bonchev–Trinajstić information content (AvgIpc) is 2.89. The first-order valence-electron chi connectivity index (χ1n) is 13.0. The van der Waals surface area contributed by atoms with Crippen LogP contribution in [-0.2, 0) is 33.4 Å². The van der Waals surface area contributed by atoms with Gasteiger partial charge in [-0.25, -0.2) is 9.78 Å². The molecular weight excluding hydrogens is 496 g/mol. The summed E-state index contributed by atoms with van der Waals surface area (Å²) in [6, 6.07) is 0.209. The van der Waals surface area contributed by atoms with Gasteiger partial charge in [-0.3, -0.25) is 19.2 Å². The molecule has 0 bridgehead atoms. The summed E-state index contributed by atoms with van der Waals surface area (Å²) >= 11 is 0. The quantitative estimate of drug-likeness (QED) is 0.370. The van der Waals surface area contributed by atoms with Crippen LogP contribution in [0.5, 0.6) is 5.75 Å². The molecule has 1 aromatic heterocycles. The predicted octanol–water partition coefficient (Wildman–Crippen LogP) is 2.91. The number of aryl methyl sites for hydroxylation is 1. The van der Waals surface area contributed by atoms with Crippen LogP contribution >= 0.6 is 0 Å². The molecule has 0 aliphatic carbocycles. The maximum Gasteiger partial charge on any atom is 0.332 e. The Morgan fingerprint density at radius 3 is 2.42 bits per heavy atom. The van der Waals surface area contributed by atoms with E-state index >= 15 is 0 Å². The largest absolute Gasteiger partial charge is 0.463 e. The van der Waals surface area contributed by atoms with Crippen LogP contribution in [0.2, 0.25) is 0 Å². The lowest BCUT2D eigenvalue weighted by molar-refractivity contribution is -0.176. The zero-order chi connectivity index (χ0) is 28.6. The molecule has 1 aliphatic heterocycles. The second-order valence-electron chi connectivity index (χ2n) is 9.79. The predicted molar refractivity (Wildman–Crippen MR) is 135 cm³/mol. The van der Waals surface area contributed by atoms with E-state index < -0.39 is 66.5 Å². The van der Waals surface area contributed by atoms with Gasteiger partial charge in [0, 0.05) is 6.20 Å². The second kappa shape index (κ2) is 13.9. The van der Waals surface area contributed by atoms with Crippen LogP contribution in [0.1, 0.15) is 76.9 Å². The number of nitrogens with one attached hydrogen (secondary N) is 1. The van der Waals surface area contributed by atoms with Crippen LogP contribution in [0.25, 0.3) is 0 Å². The lowest BCUT2D eigenvalue weighted by Crippen LogP contribution is -2.47. The van der Waals surface area contributed by atoms with Crippen molar-refractivity contribution >= 4 is 29.8 Å². The molecule has 5 atom stereocenters. The zero-order valence-corrected chi connectivity index (χ0v) is 23.1. The van der Waals surface area contributed by atoms with Gasteiger partial charge in [-0.15, -0.1) is 0 Å². The molecule has 1 aromatic rings. The minimum atomic E-state index is -1.38. The molecule has 1 saturated heterocycles. The van der Waals surface area contributed by atoms with Gasteiger partial charge in [-0.2, -0.15) is 0 Å². The first kappa shape index (κ1) is 30.7. The van der Waals surface area contributed by atoms with Gasteiger partial charge in [0.25, 0.3) is 5.91 Å². The van der Waals surface area contributed by atoms with Crippen molar-refractivity contribution in [3.05, 3.63) is 23.5 Å². The summed E-state index contributed by atoms with van der Waals surface area (Å²) in [6.45, 7) is 11.4. The number of esters is 4. The molecular formula is C27H38N2O9. The minimum absolute atomic E-state index is 0.0218. The van der Waals surface area contributed by atoms with E-state index in [2.05, 4.69) is 10.3 Å². The molecule has 0 aromatic carbocycles. The van der Waals surface area contributed by atoms with E-state index in [9.17, 15) is 24.0 Å². The fraction of sp³-hybridized carbons (Fsp3) is 0.630. The van der Waals surface area contributed by atoms with E-state index in [4.69, 9.17) is 18.9 Å². The van der Waals surface area contributed by atoms with E-state index in [1.807, 2.05) is 6.92 Å². The Morgan fingerprint density at radius 1 is 1.13 bits per heavy atom. The van der Waals surface area contributed by atoms with Crippen molar-refractivity contribution in [1.82, 2.24) is 10.3 Å². The van der Waals surface area contributed by atoms with Gasteiger partial charge in [0.15, 0.2) is 23.6 Å². The number of carbonyl (C=O) groups excluding carboxylic acids is 5. The first-order valence-corrected chi connectivity index (χ1v) is 13.0. The number of hydrogen-bond acceptors (Lipinski definition) is 10. The van der Waals surface area contributed by atoms with Crippen LogP contribution in [0, 0.1) is 24.7 Å². The lowest BCUT2D eigenvalue weighted by atomic mass is 9.95. The Bertz CT molecular complexity index is 1040. The monoisotopic (exact) mass is 534 g/mol. The number of aromatic nitrogens is 1. The van der Waals surface area contributed by atoms with Crippen LogP contribution in [0.15, 0.2) is 12.3 Å². The Labute approximate surface area is 222 Å². The number of carbonyl (C=O) groups is 5. The molecule has 1 aliphatic rings.